The molecule has 0 aliphatic heterocycles. The molecule has 1 saturated carbocycles. The lowest BCUT2D eigenvalue weighted by atomic mass is 10.2. The van der Waals surface area contributed by atoms with Crippen molar-refractivity contribution >= 4 is 6.09 Å². The summed E-state index contributed by atoms with van der Waals surface area (Å²) in [5.74, 6) is 0.382. The first kappa shape index (κ1) is 13.3. The van der Waals surface area contributed by atoms with Crippen LogP contribution in [0.4, 0.5) is 4.79 Å². The minimum atomic E-state index is -0.189. The summed E-state index contributed by atoms with van der Waals surface area (Å²) in [6, 6.07) is 0.350. The molecule has 0 atom stereocenters. The largest absolute Gasteiger partial charge is 0.449 e. The quantitative estimate of drug-likeness (QED) is 0.783. The molecule has 1 rings (SSSR count). The summed E-state index contributed by atoms with van der Waals surface area (Å²) in [6.45, 7) is 5.69. The van der Waals surface area contributed by atoms with Gasteiger partial charge >= 0.3 is 6.09 Å². The summed E-state index contributed by atoms with van der Waals surface area (Å²) in [5.41, 5.74) is 5.54. The molecule has 4 heteroatoms. The van der Waals surface area contributed by atoms with Gasteiger partial charge in [-0.05, 0) is 18.8 Å². The van der Waals surface area contributed by atoms with E-state index in [9.17, 15) is 4.79 Å². The maximum Gasteiger partial charge on any atom is 0.410 e. The van der Waals surface area contributed by atoms with Crippen LogP contribution in [-0.4, -0.2) is 36.7 Å². The van der Waals surface area contributed by atoms with Crippen molar-refractivity contribution in [2.24, 2.45) is 11.7 Å². The second-order valence-corrected chi connectivity index (χ2v) is 4.89. The molecule has 0 aromatic carbocycles. The van der Waals surface area contributed by atoms with Crippen molar-refractivity contribution in [1.82, 2.24) is 4.90 Å². The van der Waals surface area contributed by atoms with E-state index >= 15 is 0 Å². The molecular formula is C12H24N2O2. The molecule has 16 heavy (non-hydrogen) atoms. The number of carbonyl (C=O) groups excluding carboxylic acids is 1. The summed E-state index contributed by atoms with van der Waals surface area (Å²) in [7, 11) is 0. The fourth-order valence-corrected chi connectivity index (χ4v) is 2.10. The number of rotatable bonds is 5. The van der Waals surface area contributed by atoms with Crippen LogP contribution in [-0.2, 0) is 4.74 Å². The van der Waals surface area contributed by atoms with Crippen molar-refractivity contribution in [3.8, 4) is 0 Å². The van der Waals surface area contributed by atoms with E-state index in [2.05, 4.69) is 0 Å². The van der Waals surface area contributed by atoms with Crippen LogP contribution >= 0.6 is 0 Å². The summed E-state index contributed by atoms with van der Waals surface area (Å²) in [6.07, 6.45) is 4.42. The molecule has 1 amide bonds. The Labute approximate surface area is 98.1 Å². The van der Waals surface area contributed by atoms with Crippen LogP contribution in [0.25, 0.3) is 0 Å². The molecule has 0 aromatic heterocycles. The number of nitrogens with zero attached hydrogens (tertiary/aromatic N) is 1. The first-order valence-electron chi connectivity index (χ1n) is 6.28. The van der Waals surface area contributed by atoms with Crippen LogP contribution in [0.5, 0.6) is 0 Å². The number of hydrogen-bond donors (Lipinski definition) is 1. The Hall–Kier alpha value is -0.770. The number of hydrogen-bond acceptors (Lipinski definition) is 3. The first-order chi connectivity index (χ1) is 7.65. The van der Waals surface area contributed by atoms with Gasteiger partial charge in [0.2, 0.25) is 0 Å². The number of amides is 1. The Kier molecular flexibility index (Phi) is 5.60. The van der Waals surface area contributed by atoms with Crippen LogP contribution < -0.4 is 5.73 Å². The lowest BCUT2D eigenvalue weighted by molar-refractivity contribution is 0.0789. The third-order valence-electron chi connectivity index (χ3n) is 2.91. The number of carbonyl (C=O) groups is 1. The fourth-order valence-electron chi connectivity index (χ4n) is 2.10. The van der Waals surface area contributed by atoms with Crippen LogP contribution in [0.3, 0.4) is 0 Å². The lowest BCUT2D eigenvalue weighted by Crippen LogP contribution is -2.42. The fraction of sp³-hybridized carbons (Fsp3) is 0.917. The lowest BCUT2D eigenvalue weighted by Gasteiger charge is -2.27. The molecule has 4 nitrogen and oxygen atoms in total. The van der Waals surface area contributed by atoms with E-state index in [0.29, 0.717) is 31.7 Å². The van der Waals surface area contributed by atoms with Gasteiger partial charge in [-0.3, -0.25) is 0 Å². The molecular weight excluding hydrogens is 204 g/mol. The van der Waals surface area contributed by atoms with Gasteiger partial charge in [-0.25, -0.2) is 4.79 Å². The van der Waals surface area contributed by atoms with E-state index in [1.54, 1.807) is 0 Å². The average molecular weight is 228 g/mol. The second-order valence-electron chi connectivity index (χ2n) is 4.89. The van der Waals surface area contributed by atoms with Gasteiger partial charge in [0.25, 0.3) is 0 Å². The van der Waals surface area contributed by atoms with Crippen molar-refractivity contribution in [2.75, 3.05) is 19.7 Å². The highest BCUT2D eigenvalue weighted by molar-refractivity contribution is 5.68. The Morgan fingerprint density at radius 2 is 2.06 bits per heavy atom. The Balaban J connectivity index is 2.44. The molecule has 0 heterocycles. The van der Waals surface area contributed by atoms with E-state index in [4.69, 9.17) is 10.5 Å². The third kappa shape index (κ3) is 4.00. The van der Waals surface area contributed by atoms with Crippen LogP contribution in [0.1, 0.15) is 39.5 Å². The monoisotopic (exact) mass is 228 g/mol. The molecule has 2 N–H and O–H groups in total. The smallest absolute Gasteiger partial charge is 0.410 e. The molecule has 1 aliphatic rings. The van der Waals surface area contributed by atoms with Crippen LogP contribution in [0.2, 0.25) is 0 Å². The predicted molar refractivity (Wildman–Crippen MR) is 64.2 cm³/mol. The van der Waals surface area contributed by atoms with E-state index in [1.165, 1.54) is 12.8 Å². The third-order valence-corrected chi connectivity index (χ3v) is 2.91. The van der Waals surface area contributed by atoms with Gasteiger partial charge in [0.15, 0.2) is 0 Å². The first-order valence-corrected chi connectivity index (χ1v) is 6.28. The molecule has 0 unspecified atom stereocenters. The maximum absolute atomic E-state index is 11.9. The maximum atomic E-state index is 11.9. The molecule has 1 fully saturated rings. The Bertz CT molecular complexity index is 213. The molecule has 1 aliphatic carbocycles. The summed E-state index contributed by atoms with van der Waals surface area (Å²) in [5, 5.41) is 0. The van der Waals surface area contributed by atoms with Crippen LogP contribution in [0.15, 0.2) is 0 Å². The zero-order valence-electron chi connectivity index (χ0n) is 10.4. The van der Waals surface area contributed by atoms with Gasteiger partial charge in [-0.15, -0.1) is 0 Å². The van der Waals surface area contributed by atoms with Gasteiger partial charge in [0, 0.05) is 19.1 Å². The van der Waals surface area contributed by atoms with E-state index in [-0.39, 0.29) is 6.09 Å². The van der Waals surface area contributed by atoms with Gasteiger partial charge in [-0.1, -0.05) is 26.7 Å². The standard InChI is InChI=1S/C12H24N2O2/c1-10(2)9-16-12(15)14(8-7-13)11-5-3-4-6-11/h10-11H,3-9,13H2,1-2H3. The van der Waals surface area contributed by atoms with E-state index in [0.717, 1.165) is 12.8 Å². The van der Waals surface area contributed by atoms with Gasteiger partial charge < -0.3 is 15.4 Å². The van der Waals surface area contributed by atoms with Crippen molar-refractivity contribution in [1.29, 1.82) is 0 Å². The summed E-state index contributed by atoms with van der Waals surface area (Å²) in [4.78, 5) is 13.7. The molecule has 0 saturated heterocycles. The zero-order chi connectivity index (χ0) is 12.0. The summed E-state index contributed by atoms with van der Waals surface area (Å²) >= 11 is 0. The number of nitrogens with two attached hydrogens (primary N) is 1. The molecule has 94 valence electrons. The molecule has 0 spiro atoms. The minimum Gasteiger partial charge on any atom is -0.449 e. The van der Waals surface area contributed by atoms with E-state index < -0.39 is 0 Å². The highest BCUT2D eigenvalue weighted by atomic mass is 16.6. The summed E-state index contributed by atoms with van der Waals surface area (Å²) < 4.78 is 5.26. The molecule has 0 radical (unpaired) electrons. The predicted octanol–water partition coefficient (Wildman–Crippen LogP) is 1.98. The zero-order valence-corrected chi connectivity index (χ0v) is 10.4. The normalized spacial score (nSPS) is 16.8. The topological polar surface area (TPSA) is 55.6 Å². The molecule has 0 bridgehead atoms. The van der Waals surface area contributed by atoms with E-state index in [1.807, 2.05) is 18.7 Å². The van der Waals surface area contributed by atoms with Crippen molar-refractivity contribution in [2.45, 2.75) is 45.6 Å². The highest BCUT2D eigenvalue weighted by Crippen LogP contribution is 2.23. The molecule has 0 aromatic rings. The second kappa shape index (κ2) is 6.74. The van der Waals surface area contributed by atoms with Gasteiger partial charge in [0.05, 0.1) is 6.61 Å². The highest BCUT2D eigenvalue weighted by Gasteiger charge is 2.27. The van der Waals surface area contributed by atoms with Crippen LogP contribution in [0, 0.1) is 5.92 Å². The van der Waals surface area contributed by atoms with Crippen molar-refractivity contribution in [3.63, 3.8) is 0 Å². The Morgan fingerprint density at radius 1 is 1.44 bits per heavy atom. The van der Waals surface area contributed by atoms with Gasteiger partial charge in [-0.2, -0.15) is 0 Å². The minimum absolute atomic E-state index is 0.189. The van der Waals surface area contributed by atoms with Crippen molar-refractivity contribution < 1.29 is 9.53 Å². The number of ether oxygens (including phenoxy) is 1. The Morgan fingerprint density at radius 3 is 2.56 bits per heavy atom. The SMILES string of the molecule is CC(C)COC(=O)N(CCN)C1CCCC1. The van der Waals surface area contributed by atoms with Crippen molar-refractivity contribution in [3.05, 3.63) is 0 Å². The average Bonchev–Trinajstić information content (AvgIpc) is 2.75. The van der Waals surface area contributed by atoms with Gasteiger partial charge in [0.1, 0.15) is 0 Å².